The summed E-state index contributed by atoms with van der Waals surface area (Å²) in [5, 5.41) is 5.89. The number of hydrogen-bond acceptors (Lipinski definition) is 3. The number of rotatable bonds is 3. The minimum Gasteiger partial charge on any atom is -0.447 e. The monoisotopic (exact) mass is 275 g/mol. The zero-order valence-electron chi connectivity index (χ0n) is 11.3. The number of fused-ring (bicyclic) bond motifs is 1. The highest BCUT2D eigenvalue weighted by Crippen LogP contribution is 2.27. The molecule has 0 saturated heterocycles. The van der Waals surface area contributed by atoms with Crippen molar-refractivity contribution in [2.75, 3.05) is 0 Å². The fourth-order valence-electron chi connectivity index (χ4n) is 2.52. The Morgan fingerprint density at radius 3 is 2.57 bits per heavy atom. The van der Waals surface area contributed by atoms with Crippen LogP contribution in [0.25, 0.3) is 22.2 Å². The Kier molecular flexibility index (Phi) is 2.78. The molecule has 4 aromatic rings. The summed E-state index contributed by atoms with van der Waals surface area (Å²) in [6.07, 6.45) is 3.23. The van der Waals surface area contributed by atoms with Gasteiger partial charge in [0.25, 0.3) is 0 Å². The number of oxazole rings is 1. The molecule has 0 aliphatic carbocycles. The van der Waals surface area contributed by atoms with Crippen LogP contribution < -0.4 is 0 Å². The molecule has 2 aromatic carbocycles. The summed E-state index contributed by atoms with van der Waals surface area (Å²) in [5.41, 5.74) is 3.17. The van der Waals surface area contributed by atoms with Crippen molar-refractivity contribution in [1.29, 1.82) is 0 Å². The highest BCUT2D eigenvalue weighted by molar-refractivity contribution is 5.93. The van der Waals surface area contributed by atoms with E-state index >= 15 is 0 Å². The predicted octanol–water partition coefficient (Wildman–Crippen LogP) is 3.74. The molecule has 0 aliphatic rings. The molecule has 4 heteroatoms. The van der Waals surface area contributed by atoms with Crippen LogP contribution in [0.15, 0.2) is 71.5 Å². The van der Waals surface area contributed by atoms with E-state index in [-0.39, 0.29) is 0 Å². The lowest BCUT2D eigenvalue weighted by Gasteiger charge is -1.99. The Morgan fingerprint density at radius 2 is 1.76 bits per heavy atom. The fourth-order valence-corrected chi connectivity index (χ4v) is 2.52. The van der Waals surface area contributed by atoms with E-state index in [1.165, 1.54) is 0 Å². The minimum absolute atomic E-state index is 0.528. The second-order valence-corrected chi connectivity index (χ2v) is 4.82. The van der Waals surface area contributed by atoms with E-state index in [0.717, 1.165) is 22.2 Å². The van der Waals surface area contributed by atoms with Gasteiger partial charge in [-0.3, -0.25) is 4.68 Å². The Labute approximate surface area is 121 Å². The number of para-hydroxylation sites is 1. The second kappa shape index (κ2) is 4.90. The van der Waals surface area contributed by atoms with Gasteiger partial charge in [0.2, 0.25) is 5.89 Å². The van der Waals surface area contributed by atoms with Gasteiger partial charge in [0.1, 0.15) is 18.5 Å². The first-order chi connectivity index (χ1) is 10.4. The summed E-state index contributed by atoms with van der Waals surface area (Å²) in [6, 6.07) is 18.4. The highest BCUT2D eigenvalue weighted by Gasteiger charge is 2.12. The van der Waals surface area contributed by atoms with Crippen molar-refractivity contribution in [1.82, 2.24) is 14.8 Å². The zero-order chi connectivity index (χ0) is 14.1. The minimum atomic E-state index is 0.528. The standard InChI is InChI=1S/C17H13N3O/c1-2-6-13(7-3-1)17-14-8-4-5-9-15(14)20(19-17)12-16-18-10-11-21-16/h1-11H,12H2. The third-order valence-electron chi connectivity index (χ3n) is 3.47. The molecule has 102 valence electrons. The summed E-state index contributed by atoms with van der Waals surface area (Å²) in [4.78, 5) is 4.17. The molecule has 0 spiro atoms. The number of benzene rings is 2. The van der Waals surface area contributed by atoms with E-state index in [9.17, 15) is 0 Å². The summed E-state index contributed by atoms with van der Waals surface area (Å²) in [5.74, 6) is 0.655. The normalized spacial score (nSPS) is 11.0. The van der Waals surface area contributed by atoms with Crippen LogP contribution in [-0.4, -0.2) is 14.8 Å². The average molecular weight is 275 g/mol. The largest absolute Gasteiger partial charge is 0.447 e. The van der Waals surface area contributed by atoms with Gasteiger partial charge in [0.05, 0.1) is 11.7 Å². The lowest BCUT2D eigenvalue weighted by Crippen LogP contribution is -2.01. The Morgan fingerprint density at radius 1 is 0.952 bits per heavy atom. The van der Waals surface area contributed by atoms with Gasteiger partial charge in [-0.25, -0.2) is 4.98 Å². The molecule has 2 heterocycles. The number of hydrogen-bond donors (Lipinski definition) is 0. The molecule has 0 bridgehead atoms. The summed E-state index contributed by atoms with van der Waals surface area (Å²) < 4.78 is 7.26. The van der Waals surface area contributed by atoms with Crippen molar-refractivity contribution in [2.45, 2.75) is 6.54 Å². The Balaban J connectivity index is 1.89. The van der Waals surface area contributed by atoms with Crippen molar-refractivity contribution >= 4 is 10.9 Å². The lowest BCUT2D eigenvalue weighted by molar-refractivity contribution is 0.470. The zero-order valence-corrected chi connectivity index (χ0v) is 11.3. The van der Waals surface area contributed by atoms with Gasteiger partial charge in [-0.2, -0.15) is 5.10 Å². The summed E-state index contributed by atoms with van der Waals surface area (Å²) in [6.45, 7) is 0.528. The van der Waals surface area contributed by atoms with E-state index in [2.05, 4.69) is 29.2 Å². The van der Waals surface area contributed by atoms with Gasteiger partial charge in [-0.1, -0.05) is 48.5 Å². The average Bonchev–Trinajstić information content (AvgIpc) is 3.17. The van der Waals surface area contributed by atoms with Crippen LogP contribution >= 0.6 is 0 Å². The van der Waals surface area contributed by atoms with Crippen LogP contribution in [0.1, 0.15) is 5.89 Å². The molecule has 0 unspecified atom stereocenters. The molecule has 0 radical (unpaired) electrons. The van der Waals surface area contributed by atoms with Gasteiger partial charge < -0.3 is 4.42 Å². The number of nitrogens with zero attached hydrogens (tertiary/aromatic N) is 3. The van der Waals surface area contributed by atoms with Gasteiger partial charge >= 0.3 is 0 Å². The number of aromatic nitrogens is 3. The van der Waals surface area contributed by atoms with Crippen LogP contribution in [0.4, 0.5) is 0 Å². The highest BCUT2D eigenvalue weighted by atomic mass is 16.3. The quantitative estimate of drug-likeness (QED) is 0.572. The van der Waals surface area contributed by atoms with Crippen molar-refractivity contribution in [3.05, 3.63) is 72.9 Å². The molecular weight excluding hydrogens is 262 g/mol. The van der Waals surface area contributed by atoms with Crippen LogP contribution in [0.5, 0.6) is 0 Å². The van der Waals surface area contributed by atoms with Gasteiger partial charge in [-0.05, 0) is 6.07 Å². The lowest BCUT2D eigenvalue weighted by atomic mass is 10.1. The van der Waals surface area contributed by atoms with Crippen molar-refractivity contribution in [3.63, 3.8) is 0 Å². The van der Waals surface area contributed by atoms with E-state index in [1.54, 1.807) is 12.5 Å². The van der Waals surface area contributed by atoms with Crippen molar-refractivity contribution in [2.24, 2.45) is 0 Å². The molecule has 4 nitrogen and oxygen atoms in total. The smallest absolute Gasteiger partial charge is 0.215 e. The molecule has 0 aliphatic heterocycles. The molecule has 21 heavy (non-hydrogen) atoms. The third-order valence-corrected chi connectivity index (χ3v) is 3.47. The molecule has 0 N–H and O–H groups in total. The van der Waals surface area contributed by atoms with E-state index in [4.69, 9.17) is 9.52 Å². The Bertz CT molecular complexity index is 864. The second-order valence-electron chi connectivity index (χ2n) is 4.82. The molecule has 0 atom stereocenters. The molecule has 2 aromatic heterocycles. The van der Waals surface area contributed by atoms with Crippen molar-refractivity contribution < 1.29 is 4.42 Å². The van der Waals surface area contributed by atoms with E-state index < -0.39 is 0 Å². The first-order valence-electron chi connectivity index (χ1n) is 6.81. The van der Waals surface area contributed by atoms with Crippen LogP contribution in [-0.2, 0) is 6.54 Å². The third kappa shape index (κ3) is 2.10. The fraction of sp³-hybridized carbons (Fsp3) is 0.0588. The Hall–Kier alpha value is -2.88. The van der Waals surface area contributed by atoms with Crippen molar-refractivity contribution in [3.8, 4) is 11.3 Å². The maximum absolute atomic E-state index is 5.33. The van der Waals surface area contributed by atoms with Gasteiger partial charge in [-0.15, -0.1) is 0 Å². The molecular formula is C17H13N3O. The first kappa shape index (κ1) is 11.9. The predicted molar refractivity (Wildman–Crippen MR) is 80.8 cm³/mol. The van der Waals surface area contributed by atoms with E-state index in [1.807, 2.05) is 35.0 Å². The van der Waals surface area contributed by atoms with Crippen LogP contribution in [0.3, 0.4) is 0 Å². The molecule has 0 amide bonds. The van der Waals surface area contributed by atoms with Crippen LogP contribution in [0, 0.1) is 0 Å². The van der Waals surface area contributed by atoms with Gasteiger partial charge in [0.15, 0.2) is 0 Å². The topological polar surface area (TPSA) is 43.9 Å². The molecule has 0 fully saturated rings. The van der Waals surface area contributed by atoms with Gasteiger partial charge in [0, 0.05) is 10.9 Å². The summed E-state index contributed by atoms with van der Waals surface area (Å²) >= 11 is 0. The molecule has 0 saturated carbocycles. The summed E-state index contributed by atoms with van der Waals surface area (Å²) in [7, 11) is 0. The van der Waals surface area contributed by atoms with E-state index in [0.29, 0.717) is 12.4 Å². The SMILES string of the molecule is c1ccc(-c2nn(Cc3ncco3)c3ccccc23)cc1. The maximum Gasteiger partial charge on any atom is 0.215 e. The molecule has 4 rings (SSSR count). The first-order valence-corrected chi connectivity index (χ1v) is 6.81. The maximum atomic E-state index is 5.33. The van der Waals surface area contributed by atoms with Crippen LogP contribution in [0.2, 0.25) is 0 Å².